The number of aromatic carboxylic acids is 1. The second-order valence-corrected chi connectivity index (χ2v) is 4.39. The zero-order valence-corrected chi connectivity index (χ0v) is 10.2. The van der Waals surface area contributed by atoms with Crippen molar-refractivity contribution >= 4 is 5.97 Å². The molecule has 18 heavy (non-hydrogen) atoms. The van der Waals surface area contributed by atoms with Crippen LogP contribution in [0.4, 0.5) is 0 Å². The molecule has 1 heterocycles. The molecule has 0 aliphatic heterocycles. The van der Waals surface area contributed by atoms with E-state index in [2.05, 4.69) is 18.0 Å². The van der Waals surface area contributed by atoms with Gasteiger partial charge in [0.2, 0.25) is 0 Å². The first-order valence-electron chi connectivity index (χ1n) is 5.89. The molecule has 1 N–H and O–H groups in total. The number of carboxylic acid groups (broad SMARTS) is 1. The molecule has 0 amide bonds. The first-order chi connectivity index (χ1) is 8.66. The van der Waals surface area contributed by atoms with Crippen LogP contribution in [0.5, 0.6) is 0 Å². The Balaban J connectivity index is 2.08. The second kappa shape index (κ2) is 5.45. The number of carbonyl (C=O) groups is 1. The van der Waals surface area contributed by atoms with E-state index >= 15 is 0 Å². The summed E-state index contributed by atoms with van der Waals surface area (Å²) in [5, 5.41) is 8.83. The fourth-order valence-electron chi connectivity index (χ4n) is 1.92. The number of hydrogen-bond donors (Lipinski definition) is 1. The van der Waals surface area contributed by atoms with E-state index in [9.17, 15) is 4.79 Å². The van der Waals surface area contributed by atoms with Gasteiger partial charge in [0.25, 0.3) is 0 Å². The Morgan fingerprint density at radius 2 is 2.00 bits per heavy atom. The number of nitrogens with zero attached hydrogens (tertiary/aromatic N) is 1. The third-order valence-corrected chi connectivity index (χ3v) is 3.00. The van der Waals surface area contributed by atoms with Crippen LogP contribution in [-0.4, -0.2) is 16.1 Å². The van der Waals surface area contributed by atoms with Gasteiger partial charge in [-0.15, -0.1) is 0 Å². The third kappa shape index (κ3) is 2.94. The van der Waals surface area contributed by atoms with E-state index in [1.54, 1.807) is 18.3 Å². The predicted octanol–water partition coefficient (Wildman–Crippen LogP) is 3.13. The van der Waals surface area contributed by atoms with E-state index in [0.717, 1.165) is 12.0 Å². The highest BCUT2D eigenvalue weighted by atomic mass is 16.4. The molecule has 1 aromatic heterocycles. The first-order valence-corrected chi connectivity index (χ1v) is 5.89. The van der Waals surface area contributed by atoms with E-state index in [4.69, 9.17) is 5.11 Å². The summed E-state index contributed by atoms with van der Waals surface area (Å²) in [7, 11) is 0. The first kappa shape index (κ1) is 12.3. The van der Waals surface area contributed by atoms with E-state index in [-0.39, 0.29) is 0 Å². The van der Waals surface area contributed by atoms with Gasteiger partial charge in [0.15, 0.2) is 0 Å². The van der Waals surface area contributed by atoms with E-state index in [0.29, 0.717) is 11.5 Å². The molecular weight excluding hydrogens is 226 g/mol. The smallest absolute Gasteiger partial charge is 0.335 e. The van der Waals surface area contributed by atoms with Gasteiger partial charge in [-0.2, -0.15) is 0 Å². The molecule has 2 aromatic rings. The highest BCUT2D eigenvalue weighted by molar-refractivity contribution is 5.87. The zero-order chi connectivity index (χ0) is 13.0. The normalized spacial score (nSPS) is 12.1. The molecule has 1 unspecified atom stereocenters. The number of pyridine rings is 1. The van der Waals surface area contributed by atoms with Crippen LogP contribution in [0.3, 0.4) is 0 Å². The molecule has 0 saturated heterocycles. The van der Waals surface area contributed by atoms with Crippen molar-refractivity contribution in [2.24, 2.45) is 0 Å². The number of benzene rings is 1. The van der Waals surface area contributed by atoms with Crippen LogP contribution in [0.2, 0.25) is 0 Å². The predicted molar refractivity (Wildman–Crippen MR) is 69.8 cm³/mol. The molecule has 3 heteroatoms. The highest BCUT2D eigenvalue weighted by Gasteiger charge is 2.07. The summed E-state index contributed by atoms with van der Waals surface area (Å²) in [4.78, 5) is 14.9. The van der Waals surface area contributed by atoms with Crippen molar-refractivity contribution in [2.45, 2.75) is 19.3 Å². The Kier molecular flexibility index (Phi) is 3.72. The summed E-state index contributed by atoms with van der Waals surface area (Å²) in [5.74, 6) is -0.517. The summed E-state index contributed by atoms with van der Waals surface area (Å²) in [6.45, 7) is 2.14. The molecule has 0 bridgehead atoms. The molecule has 0 aliphatic rings. The monoisotopic (exact) mass is 241 g/mol. The summed E-state index contributed by atoms with van der Waals surface area (Å²) in [6.07, 6.45) is 4.51. The van der Waals surface area contributed by atoms with E-state index in [1.807, 2.05) is 24.4 Å². The minimum Gasteiger partial charge on any atom is -0.478 e. The zero-order valence-electron chi connectivity index (χ0n) is 10.2. The van der Waals surface area contributed by atoms with Crippen LogP contribution in [0.1, 0.15) is 34.3 Å². The van der Waals surface area contributed by atoms with Crippen molar-refractivity contribution in [3.05, 3.63) is 65.5 Å². The summed E-state index contributed by atoms with van der Waals surface area (Å²) >= 11 is 0. The van der Waals surface area contributed by atoms with Crippen molar-refractivity contribution in [1.29, 1.82) is 0 Å². The minimum atomic E-state index is -0.887. The van der Waals surface area contributed by atoms with Crippen LogP contribution in [0, 0.1) is 0 Å². The van der Waals surface area contributed by atoms with Gasteiger partial charge in [0.1, 0.15) is 0 Å². The van der Waals surface area contributed by atoms with E-state index in [1.165, 1.54) is 5.56 Å². The van der Waals surface area contributed by atoms with E-state index < -0.39 is 5.97 Å². The lowest BCUT2D eigenvalue weighted by Gasteiger charge is -2.11. The van der Waals surface area contributed by atoms with Gasteiger partial charge < -0.3 is 5.11 Å². The van der Waals surface area contributed by atoms with Crippen molar-refractivity contribution in [3.8, 4) is 0 Å². The number of carboxylic acids is 1. The average Bonchev–Trinajstić information content (AvgIpc) is 2.40. The number of rotatable bonds is 4. The van der Waals surface area contributed by atoms with Gasteiger partial charge in [-0.05, 0) is 41.7 Å². The fourth-order valence-corrected chi connectivity index (χ4v) is 1.92. The quantitative estimate of drug-likeness (QED) is 0.894. The Bertz CT molecular complexity index is 520. The van der Waals surface area contributed by atoms with Gasteiger partial charge in [0, 0.05) is 12.4 Å². The minimum absolute atomic E-state index is 0.327. The third-order valence-electron chi connectivity index (χ3n) is 3.00. The molecule has 0 aliphatic carbocycles. The van der Waals surface area contributed by atoms with Crippen LogP contribution in [0.25, 0.3) is 0 Å². The number of aromatic nitrogens is 1. The maximum Gasteiger partial charge on any atom is 0.335 e. The van der Waals surface area contributed by atoms with Gasteiger partial charge >= 0.3 is 5.97 Å². The van der Waals surface area contributed by atoms with Gasteiger partial charge in [-0.3, -0.25) is 4.98 Å². The summed E-state index contributed by atoms with van der Waals surface area (Å²) in [5.41, 5.74) is 2.66. The highest BCUT2D eigenvalue weighted by Crippen LogP contribution is 2.19. The molecular formula is C15H15NO2. The largest absolute Gasteiger partial charge is 0.478 e. The summed E-state index contributed by atoms with van der Waals surface area (Å²) in [6, 6.07) is 11.0. The standard InChI is InChI=1S/C15H15NO2/c1-11(14-3-2-8-16-10-14)9-12-4-6-13(7-5-12)15(17)18/h2-8,10-11H,9H2,1H3,(H,17,18). The lowest BCUT2D eigenvalue weighted by Crippen LogP contribution is -2.00. The molecule has 0 spiro atoms. The topological polar surface area (TPSA) is 50.2 Å². The molecule has 1 aromatic carbocycles. The SMILES string of the molecule is CC(Cc1ccc(C(=O)O)cc1)c1cccnc1. The van der Waals surface area contributed by atoms with Crippen molar-refractivity contribution in [3.63, 3.8) is 0 Å². The molecule has 3 nitrogen and oxygen atoms in total. The van der Waals surface area contributed by atoms with Gasteiger partial charge in [0.05, 0.1) is 5.56 Å². The van der Waals surface area contributed by atoms with Crippen molar-refractivity contribution < 1.29 is 9.90 Å². The molecule has 1 atom stereocenters. The molecule has 0 radical (unpaired) electrons. The molecule has 0 saturated carbocycles. The lowest BCUT2D eigenvalue weighted by molar-refractivity contribution is 0.0697. The van der Waals surface area contributed by atoms with Crippen LogP contribution in [-0.2, 0) is 6.42 Å². The Morgan fingerprint density at radius 1 is 1.28 bits per heavy atom. The fraction of sp³-hybridized carbons (Fsp3) is 0.200. The maximum absolute atomic E-state index is 10.7. The Morgan fingerprint density at radius 3 is 2.56 bits per heavy atom. The Hall–Kier alpha value is -2.16. The van der Waals surface area contributed by atoms with Crippen molar-refractivity contribution in [1.82, 2.24) is 4.98 Å². The van der Waals surface area contributed by atoms with Crippen LogP contribution in [0.15, 0.2) is 48.8 Å². The average molecular weight is 241 g/mol. The molecule has 2 rings (SSSR count). The van der Waals surface area contributed by atoms with Gasteiger partial charge in [-0.1, -0.05) is 25.1 Å². The Labute approximate surface area is 106 Å². The van der Waals surface area contributed by atoms with Gasteiger partial charge in [-0.25, -0.2) is 4.79 Å². The number of hydrogen-bond acceptors (Lipinski definition) is 2. The van der Waals surface area contributed by atoms with Crippen LogP contribution >= 0.6 is 0 Å². The summed E-state index contributed by atoms with van der Waals surface area (Å²) < 4.78 is 0. The van der Waals surface area contributed by atoms with Crippen LogP contribution < -0.4 is 0 Å². The molecule has 92 valence electrons. The maximum atomic E-state index is 10.7. The van der Waals surface area contributed by atoms with Crippen molar-refractivity contribution in [2.75, 3.05) is 0 Å². The second-order valence-electron chi connectivity index (χ2n) is 4.39. The lowest BCUT2D eigenvalue weighted by atomic mass is 9.94. The molecule has 0 fully saturated rings.